The Labute approximate surface area is 165 Å². The molecule has 1 aromatic rings. The Morgan fingerprint density at radius 3 is 2.33 bits per heavy atom. The van der Waals surface area contributed by atoms with Gasteiger partial charge in [0.2, 0.25) is 0 Å². The van der Waals surface area contributed by atoms with E-state index in [2.05, 4.69) is 6.92 Å². The maximum absolute atomic E-state index is 13.0. The van der Waals surface area contributed by atoms with Gasteiger partial charge in [0, 0.05) is 0 Å². The van der Waals surface area contributed by atoms with E-state index >= 15 is 0 Å². The third-order valence-corrected chi connectivity index (χ3v) is 5.92. The normalized spacial score (nSPS) is 15.9. The van der Waals surface area contributed by atoms with E-state index < -0.39 is 11.5 Å². The Hall–Kier alpha value is -1.36. The van der Waals surface area contributed by atoms with Gasteiger partial charge in [-0.05, 0) is 55.2 Å². The predicted molar refractivity (Wildman–Crippen MR) is 110 cm³/mol. The maximum Gasteiger partial charge on any atom is 0.323 e. The minimum atomic E-state index is -1.17. The van der Waals surface area contributed by atoms with Crippen molar-refractivity contribution in [3.05, 3.63) is 35.6 Å². The zero-order chi connectivity index (χ0) is 20.3. The van der Waals surface area contributed by atoms with Gasteiger partial charge in [0.1, 0.15) is 11.4 Å². The number of carboxylic acids is 1. The van der Waals surface area contributed by atoms with Crippen LogP contribution in [0.1, 0.15) is 70.8 Å². The van der Waals surface area contributed by atoms with Crippen LogP contribution in [0.15, 0.2) is 24.3 Å². The molecule has 150 valence electrons. The highest BCUT2D eigenvalue weighted by Gasteiger charge is 2.40. The minimum Gasteiger partial charge on any atom is -0.480 e. The number of halogens is 1. The lowest BCUT2D eigenvalue weighted by molar-refractivity contribution is -0.146. The molecule has 3 N–H and O–H groups in total. The predicted octanol–water partition coefficient (Wildman–Crippen LogP) is 5.13. The summed E-state index contributed by atoms with van der Waals surface area (Å²) < 4.78 is 13.0. The first-order valence-corrected chi connectivity index (χ1v) is 10.3. The van der Waals surface area contributed by atoms with Crippen molar-refractivity contribution in [2.45, 2.75) is 83.5 Å². The number of hydrogen-bond acceptors (Lipinski definition) is 2. The molecule has 0 aliphatic rings. The quantitative estimate of drug-likeness (QED) is 0.350. The number of carboxylic acid groups (broad SMARTS) is 1. The van der Waals surface area contributed by atoms with Crippen molar-refractivity contribution in [2.24, 2.45) is 17.6 Å². The fourth-order valence-corrected chi connectivity index (χ4v) is 3.88. The molecule has 3 unspecified atom stereocenters. The molecule has 3 nitrogen and oxygen atoms in total. The molecule has 0 aliphatic carbocycles. The third-order valence-electron chi connectivity index (χ3n) is 5.92. The van der Waals surface area contributed by atoms with Gasteiger partial charge in [-0.2, -0.15) is 0 Å². The van der Waals surface area contributed by atoms with Crippen molar-refractivity contribution in [2.75, 3.05) is 0 Å². The summed E-state index contributed by atoms with van der Waals surface area (Å²) in [6, 6.07) is 6.67. The second-order valence-corrected chi connectivity index (χ2v) is 7.71. The van der Waals surface area contributed by atoms with Crippen LogP contribution in [-0.4, -0.2) is 24.5 Å². The number of hydrogen-bond donors (Lipinski definition) is 2. The number of rotatable bonds is 14. The van der Waals surface area contributed by atoms with E-state index in [9.17, 15) is 14.3 Å². The van der Waals surface area contributed by atoms with E-state index in [1.54, 1.807) is 0 Å². The molecule has 0 saturated heterocycles. The van der Waals surface area contributed by atoms with Crippen LogP contribution in [0.25, 0.3) is 0 Å². The van der Waals surface area contributed by atoms with Crippen LogP contribution in [0.5, 0.6) is 0 Å². The van der Waals surface area contributed by atoms with Crippen LogP contribution in [-0.2, 0) is 11.2 Å². The molecule has 0 amide bonds. The van der Waals surface area contributed by atoms with Gasteiger partial charge in [-0.25, -0.2) is 4.39 Å². The van der Waals surface area contributed by atoms with E-state index in [1.807, 2.05) is 19.1 Å². The van der Waals surface area contributed by atoms with Crippen LogP contribution >= 0.6 is 0 Å². The van der Waals surface area contributed by atoms with Gasteiger partial charge in [-0.3, -0.25) is 4.79 Å². The topological polar surface area (TPSA) is 63.3 Å². The third kappa shape index (κ3) is 7.65. The number of unbranched alkanes of at least 4 members (excludes halogenated alkanes) is 1. The molecule has 2 radical (unpaired) electrons. The van der Waals surface area contributed by atoms with Crippen LogP contribution in [0.4, 0.5) is 4.39 Å². The maximum atomic E-state index is 13.0. The molecular formula is C22H35BFNO2. The molecule has 27 heavy (non-hydrogen) atoms. The molecule has 0 spiro atoms. The van der Waals surface area contributed by atoms with Crippen LogP contribution in [0.3, 0.4) is 0 Å². The number of carbonyl (C=O) groups is 1. The summed E-state index contributed by atoms with van der Waals surface area (Å²) in [4.78, 5) is 11.9. The molecule has 0 aromatic heterocycles. The highest BCUT2D eigenvalue weighted by Crippen LogP contribution is 2.32. The second kappa shape index (κ2) is 12.2. The van der Waals surface area contributed by atoms with Gasteiger partial charge in [0.05, 0.1) is 7.85 Å². The highest BCUT2D eigenvalue weighted by atomic mass is 19.1. The molecule has 1 aromatic carbocycles. The number of aryl methyl sites for hydroxylation is 1. The first-order valence-electron chi connectivity index (χ1n) is 10.3. The van der Waals surface area contributed by atoms with Gasteiger partial charge in [0.25, 0.3) is 0 Å². The van der Waals surface area contributed by atoms with Crippen molar-refractivity contribution >= 4 is 13.8 Å². The zero-order valence-electron chi connectivity index (χ0n) is 16.9. The largest absolute Gasteiger partial charge is 0.480 e. The summed E-state index contributed by atoms with van der Waals surface area (Å²) in [5.74, 6) is -0.622. The van der Waals surface area contributed by atoms with Crippen molar-refractivity contribution in [1.82, 2.24) is 0 Å². The Bertz CT molecular complexity index is 552. The molecule has 0 bridgehead atoms. The fraction of sp³-hybridized carbons (Fsp3) is 0.682. The Morgan fingerprint density at radius 1 is 1.15 bits per heavy atom. The standard InChI is InChI=1S/C22H35BFNO2/c1-3-17(7-8-18-10-13-20(24)14-11-18)9-12-19(4-2)22(25,21(26)27)15-5-6-16-23/h10-11,13-14,17,19H,3-9,12,15-16,25H2,1-2H3,(H,26,27). The summed E-state index contributed by atoms with van der Waals surface area (Å²) in [6.45, 7) is 4.20. The monoisotopic (exact) mass is 375 g/mol. The highest BCUT2D eigenvalue weighted by molar-refractivity contribution is 6.08. The minimum absolute atomic E-state index is 0.0346. The molecular weight excluding hydrogens is 340 g/mol. The molecule has 0 fully saturated rings. The lowest BCUT2D eigenvalue weighted by atomic mass is 9.74. The van der Waals surface area contributed by atoms with Crippen LogP contribution in [0, 0.1) is 17.7 Å². The summed E-state index contributed by atoms with van der Waals surface area (Å²) in [7, 11) is 5.54. The van der Waals surface area contributed by atoms with Gasteiger partial charge in [0.15, 0.2) is 0 Å². The molecule has 0 saturated carbocycles. The first kappa shape index (κ1) is 23.7. The Morgan fingerprint density at radius 2 is 1.81 bits per heavy atom. The van der Waals surface area contributed by atoms with Gasteiger partial charge >= 0.3 is 5.97 Å². The molecule has 1 rings (SSSR count). The van der Waals surface area contributed by atoms with Gasteiger partial charge < -0.3 is 10.8 Å². The lowest BCUT2D eigenvalue weighted by Crippen LogP contribution is -2.54. The summed E-state index contributed by atoms with van der Waals surface area (Å²) in [5.41, 5.74) is 6.34. The van der Waals surface area contributed by atoms with Crippen molar-refractivity contribution in [1.29, 1.82) is 0 Å². The Balaban J connectivity index is 2.62. The number of benzene rings is 1. The number of aliphatic carboxylic acids is 1. The van der Waals surface area contributed by atoms with E-state index in [1.165, 1.54) is 12.1 Å². The van der Waals surface area contributed by atoms with E-state index in [-0.39, 0.29) is 11.7 Å². The van der Waals surface area contributed by atoms with E-state index in [4.69, 9.17) is 13.6 Å². The van der Waals surface area contributed by atoms with Crippen LogP contribution in [0.2, 0.25) is 6.32 Å². The molecule has 3 atom stereocenters. The van der Waals surface area contributed by atoms with Crippen molar-refractivity contribution < 1.29 is 14.3 Å². The van der Waals surface area contributed by atoms with Crippen LogP contribution < -0.4 is 5.73 Å². The summed E-state index contributed by atoms with van der Waals surface area (Å²) in [6.07, 6.45) is 8.14. The molecule has 0 heterocycles. The summed E-state index contributed by atoms with van der Waals surface area (Å²) in [5, 5.41) is 9.74. The average Bonchev–Trinajstić information content (AvgIpc) is 2.66. The van der Waals surface area contributed by atoms with Crippen molar-refractivity contribution in [3.63, 3.8) is 0 Å². The first-order chi connectivity index (χ1) is 12.9. The fourth-order valence-electron chi connectivity index (χ4n) is 3.88. The summed E-state index contributed by atoms with van der Waals surface area (Å²) >= 11 is 0. The van der Waals surface area contributed by atoms with E-state index in [0.717, 1.165) is 56.9 Å². The smallest absolute Gasteiger partial charge is 0.323 e. The lowest BCUT2D eigenvalue weighted by Gasteiger charge is -2.34. The van der Waals surface area contributed by atoms with Gasteiger partial charge in [-0.1, -0.05) is 64.4 Å². The second-order valence-electron chi connectivity index (χ2n) is 7.71. The van der Waals surface area contributed by atoms with Crippen molar-refractivity contribution in [3.8, 4) is 0 Å². The van der Waals surface area contributed by atoms with E-state index in [0.29, 0.717) is 18.7 Å². The molecule has 0 aliphatic heterocycles. The van der Waals surface area contributed by atoms with Gasteiger partial charge in [-0.15, -0.1) is 0 Å². The molecule has 5 heteroatoms. The SMILES string of the molecule is [B]CCCCC(N)(C(=O)O)C(CC)CCC(CC)CCc1ccc(F)cc1. The number of nitrogens with two attached hydrogens (primary N) is 1. The zero-order valence-corrected chi connectivity index (χ0v) is 16.9. The Kier molecular flexibility index (Phi) is 10.7. The average molecular weight is 375 g/mol.